The lowest BCUT2D eigenvalue weighted by atomic mass is 10.1. The van der Waals surface area contributed by atoms with Crippen LogP contribution in [0.25, 0.3) is 0 Å². The molecule has 7 nitrogen and oxygen atoms in total. The molecule has 0 radical (unpaired) electrons. The Hall–Kier alpha value is -2.38. The molecule has 2 aromatic rings. The predicted molar refractivity (Wildman–Crippen MR) is 102 cm³/mol. The minimum absolute atomic E-state index is 0. The predicted octanol–water partition coefficient (Wildman–Crippen LogP) is 0.348. The van der Waals surface area contributed by atoms with E-state index in [-0.39, 0.29) is 30.9 Å². The van der Waals surface area contributed by atoms with Gasteiger partial charge in [-0.3, -0.25) is 18.7 Å². The highest BCUT2D eigenvalue weighted by Gasteiger charge is 2.17. The van der Waals surface area contributed by atoms with Gasteiger partial charge in [-0.05, 0) is 24.9 Å². The van der Waals surface area contributed by atoms with E-state index in [9.17, 15) is 14.4 Å². The van der Waals surface area contributed by atoms with Gasteiger partial charge in [0.1, 0.15) is 6.54 Å². The summed E-state index contributed by atoms with van der Waals surface area (Å²) >= 11 is 0. The maximum Gasteiger partial charge on any atom is 0.331 e. The molecule has 26 heavy (non-hydrogen) atoms. The average Bonchev–Trinajstić information content (AvgIpc) is 2.63. The molecular formula is C18H23ClN4O3. The largest absolute Gasteiger partial charge is 0.351 e. The van der Waals surface area contributed by atoms with Crippen LogP contribution in [0.5, 0.6) is 0 Å². The minimum atomic E-state index is -0.478. The number of hydrogen-bond donors (Lipinski definition) is 2. The van der Waals surface area contributed by atoms with Gasteiger partial charge in [0.15, 0.2) is 0 Å². The highest BCUT2D eigenvalue weighted by atomic mass is 35.5. The summed E-state index contributed by atoms with van der Waals surface area (Å²) in [5.41, 5.74) is 0.00651. The molecule has 1 aromatic carbocycles. The number of amides is 1. The van der Waals surface area contributed by atoms with E-state index in [4.69, 9.17) is 0 Å². The van der Waals surface area contributed by atoms with Crippen LogP contribution in [-0.4, -0.2) is 34.2 Å². The smallest absolute Gasteiger partial charge is 0.331 e. The molecule has 0 saturated carbocycles. The second-order valence-electron chi connectivity index (χ2n) is 6.25. The molecule has 1 fully saturated rings. The third-order valence-electron chi connectivity index (χ3n) is 4.30. The van der Waals surface area contributed by atoms with Crippen LogP contribution >= 0.6 is 12.4 Å². The van der Waals surface area contributed by atoms with Crippen molar-refractivity contribution in [2.75, 3.05) is 13.1 Å². The van der Waals surface area contributed by atoms with E-state index in [1.807, 2.05) is 30.3 Å². The Labute approximate surface area is 157 Å². The van der Waals surface area contributed by atoms with Crippen molar-refractivity contribution >= 4 is 18.3 Å². The molecule has 3 rings (SSSR count). The fourth-order valence-electron chi connectivity index (χ4n) is 2.99. The Balaban J connectivity index is 0.00000243. The van der Waals surface area contributed by atoms with Crippen molar-refractivity contribution in [1.29, 1.82) is 0 Å². The molecule has 1 saturated heterocycles. The zero-order chi connectivity index (χ0) is 17.6. The Kier molecular flexibility index (Phi) is 7.17. The van der Waals surface area contributed by atoms with Crippen molar-refractivity contribution < 1.29 is 4.79 Å². The monoisotopic (exact) mass is 378 g/mol. The quantitative estimate of drug-likeness (QED) is 0.786. The van der Waals surface area contributed by atoms with E-state index >= 15 is 0 Å². The summed E-state index contributed by atoms with van der Waals surface area (Å²) in [6, 6.07) is 10.9. The lowest BCUT2D eigenvalue weighted by Crippen LogP contribution is -2.49. The molecule has 2 N–H and O–H groups in total. The third kappa shape index (κ3) is 5.06. The van der Waals surface area contributed by atoms with Gasteiger partial charge in [-0.1, -0.05) is 30.3 Å². The molecule has 2 heterocycles. The van der Waals surface area contributed by atoms with Crippen molar-refractivity contribution in [1.82, 2.24) is 19.8 Å². The average molecular weight is 379 g/mol. The number of piperidine rings is 1. The maximum absolute atomic E-state index is 12.6. The molecule has 1 aliphatic rings. The van der Waals surface area contributed by atoms with Crippen molar-refractivity contribution in [2.24, 2.45) is 0 Å². The molecule has 8 heteroatoms. The number of nitrogens with zero attached hydrogens (tertiary/aromatic N) is 2. The van der Waals surface area contributed by atoms with E-state index in [0.717, 1.165) is 29.5 Å². The molecule has 1 aliphatic heterocycles. The SMILES string of the molecule is Cl.O=C(Cn1c(=O)ccn(Cc2ccccc2)c1=O)NC1CCCNC1. The second kappa shape index (κ2) is 9.35. The first kappa shape index (κ1) is 19.9. The molecule has 1 unspecified atom stereocenters. The number of aromatic nitrogens is 2. The van der Waals surface area contributed by atoms with Gasteiger partial charge in [0, 0.05) is 24.8 Å². The van der Waals surface area contributed by atoms with Gasteiger partial charge < -0.3 is 10.6 Å². The molecule has 1 aromatic heterocycles. The fourth-order valence-corrected chi connectivity index (χ4v) is 2.99. The van der Waals surface area contributed by atoms with E-state index in [1.54, 1.807) is 0 Å². The van der Waals surface area contributed by atoms with E-state index in [1.165, 1.54) is 16.8 Å². The van der Waals surface area contributed by atoms with Crippen LogP contribution in [0.15, 0.2) is 52.2 Å². The number of benzene rings is 1. The number of hydrogen-bond acceptors (Lipinski definition) is 4. The summed E-state index contributed by atoms with van der Waals surface area (Å²) in [6.45, 7) is 1.76. The zero-order valence-electron chi connectivity index (χ0n) is 14.4. The van der Waals surface area contributed by atoms with Gasteiger partial charge in [0.2, 0.25) is 5.91 Å². The summed E-state index contributed by atoms with van der Waals surface area (Å²) in [6.07, 6.45) is 3.37. The van der Waals surface area contributed by atoms with E-state index in [2.05, 4.69) is 10.6 Å². The van der Waals surface area contributed by atoms with Gasteiger partial charge in [-0.15, -0.1) is 12.4 Å². The number of halogens is 1. The van der Waals surface area contributed by atoms with Crippen LogP contribution in [0.1, 0.15) is 18.4 Å². The van der Waals surface area contributed by atoms with Gasteiger partial charge in [-0.25, -0.2) is 4.79 Å². The zero-order valence-corrected chi connectivity index (χ0v) is 15.2. The second-order valence-corrected chi connectivity index (χ2v) is 6.25. The standard InChI is InChI=1S/C18H22N4O3.ClH/c23-16(20-15-7-4-9-19-11-15)13-22-17(24)8-10-21(18(22)25)12-14-5-2-1-3-6-14;/h1-3,5-6,8,10,15,19H,4,7,9,11-13H2,(H,20,23);1H. The molecule has 0 spiro atoms. The Morgan fingerprint density at radius 3 is 2.65 bits per heavy atom. The van der Waals surface area contributed by atoms with Crippen LogP contribution in [0, 0.1) is 0 Å². The fraction of sp³-hybridized carbons (Fsp3) is 0.389. The number of nitrogens with one attached hydrogen (secondary N) is 2. The summed E-state index contributed by atoms with van der Waals surface area (Å²) in [5, 5.41) is 6.10. The number of carbonyl (C=O) groups excluding carboxylic acids is 1. The molecule has 1 atom stereocenters. The van der Waals surface area contributed by atoms with Gasteiger partial charge in [0.05, 0.1) is 6.54 Å². The highest BCUT2D eigenvalue weighted by Crippen LogP contribution is 2.01. The summed E-state index contributed by atoms with van der Waals surface area (Å²) in [4.78, 5) is 36.8. The Bertz CT molecular complexity index is 842. The number of carbonyl (C=O) groups is 1. The van der Waals surface area contributed by atoms with Crippen LogP contribution in [0.4, 0.5) is 0 Å². The highest BCUT2D eigenvalue weighted by molar-refractivity contribution is 5.85. The Morgan fingerprint density at radius 2 is 1.96 bits per heavy atom. The van der Waals surface area contributed by atoms with Crippen LogP contribution in [0.3, 0.4) is 0 Å². The molecule has 0 bridgehead atoms. The molecule has 140 valence electrons. The lowest BCUT2D eigenvalue weighted by molar-refractivity contribution is -0.122. The number of rotatable bonds is 5. The van der Waals surface area contributed by atoms with Crippen LogP contribution < -0.4 is 21.9 Å². The van der Waals surface area contributed by atoms with Gasteiger partial charge >= 0.3 is 5.69 Å². The molecule has 1 amide bonds. The van der Waals surface area contributed by atoms with Gasteiger partial charge in [-0.2, -0.15) is 0 Å². The first-order valence-corrected chi connectivity index (χ1v) is 8.48. The van der Waals surface area contributed by atoms with Crippen molar-refractivity contribution in [3.63, 3.8) is 0 Å². The summed E-state index contributed by atoms with van der Waals surface area (Å²) < 4.78 is 2.42. The third-order valence-corrected chi connectivity index (χ3v) is 4.30. The van der Waals surface area contributed by atoms with Crippen LogP contribution in [0.2, 0.25) is 0 Å². The van der Waals surface area contributed by atoms with Crippen molar-refractivity contribution in [2.45, 2.75) is 32.0 Å². The maximum atomic E-state index is 12.6. The van der Waals surface area contributed by atoms with Crippen molar-refractivity contribution in [3.05, 3.63) is 69.0 Å². The first-order chi connectivity index (χ1) is 12.1. The Morgan fingerprint density at radius 1 is 1.19 bits per heavy atom. The lowest BCUT2D eigenvalue weighted by Gasteiger charge is -2.23. The van der Waals surface area contributed by atoms with E-state index in [0.29, 0.717) is 13.1 Å². The first-order valence-electron chi connectivity index (χ1n) is 8.48. The van der Waals surface area contributed by atoms with Crippen LogP contribution in [-0.2, 0) is 17.9 Å². The van der Waals surface area contributed by atoms with E-state index < -0.39 is 11.2 Å². The topological polar surface area (TPSA) is 85.1 Å². The summed E-state index contributed by atoms with van der Waals surface area (Å²) in [7, 11) is 0. The van der Waals surface area contributed by atoms with Crippen molar-refractivity contribution in [3.8, 4) is 0 Å². The molecule has 0 aliphatic carbocycles. The van der Waals surface area contributed by atoms with Gasteiger partial charge in [0.25, 0.3) is 5.56 Å². The summed E-state index contributed by atoms with van der Waals surface area (Å²) in [5.74, 6) is -0.314. The minimum Gasteiger partial charge on any atom is -0.351 e. The molecular weight excluding hydrogens is 356 g/mol. The normalized spacial score (nSPS) is 16.5.